The zero-order valence-electron chi connectivity index (χ0n) is 12.8. The Labute approximate surface area is 130 Å². The maximum Gasteiger partial charge on any atom is 0.240 e. The van der Waals surface area contributed by atoms with Crippen LogP contribution in [0.4, 0.5) is 5.69 Å². The van der Waals surface area contributed by atoms with E-state index in [4.69, 9.17) is 4.74 Å². The summed E-state index contributed by atoms with van der Waals surface area (Å²) in [5.74, 6) is 0.133. The number of hydrogen-bond donors (Lipinski definition) is 1. The van der Waals surface area contributed by atoms with E-state index in [1.807, 2.05) is 0 Å². The summed E-state index contributed by atoms with van der Waals surface area (Å²) in [5.41, 5.74) is 2.83. The number of sulfonamides is 1. The van der Waals surface area contributed by atoms with E-state index >= 15 is 0 Å². The maximum absolute atomic E-state index is 12.5. The minimum atomic E-state index is -3.58. The lowest BCUT2D eigenvalue weighted by molar-refractivity contribution is -0.118. The van der Waals surface area contributed by atoms with Crippen molar-refractivity contribution in [1.29, 1.82) is 0 Å². The quantitative estimate of drug-likeness (QED) is 0.871. The highest BCUT2D eigenvalue weighted by Gasteiger charge is 2.33. The van der Waals surface area contributed by atoms with Crippen LogP contribution >= 0.6 is 0 Å². The lowest BCUT2D eigenvalue weighted by atomic mass is 10.00. The van der Waals surface area contributed by atoms with Gasteiger partial charge in [0.1, 0.15) is 0 Å². The minimum absolute atomic E-state index is 0.133. The Morgan fingerprint density at radius 3 is 2.64 bits per heavy atom. The van der Waals surface area contributed by atoms with Gasteiger partial charge in [0.15, 0.2) is 0 Å². The van der Waals surface area contributed by atoms with Crippen LogP contribution in [-0.4, -0.2) is 40.6 Å². The number of carbonyl (C=O) groups excluding carboxylic acids is 1. The Kier molecular flexibility index (Phi) is 3.96. The van der Waals surface area contributed by atoms with E-state index in [1.165, 1.54) is 7.11 Å². The number of methoxy groups -OCH3 is 1. The highest BCUT2D eigenvalue weighted by molar-refractivity contribution is 7.89. The monoisotopic (exact) mass is 324 g/mol. The lowest BCUT2D eigenvalue weighted by Gasteiger charge is -2.26. The van der Waals surface area contributed by atoms with Gasteiger partial charge in [-0.05, 0) is 43.0 Å². The topological polar surface area (TPSA) is 75.7 Å². The molecule has 0 fully saturated rings. The van der Waals surface area contributed by atoms with Gasteiger partial charge in [-0.15, -0.1) is 0 Å². The molecule has 0 radical (unpaired) electrons. The molecule has 2 aliphatic heterocycles. The van der Waals surface area contributed by atoms with E-state index in [9.17, 15) is 13.2 Å². The molecule has 0 aliphatic carbocycles. The third-order valence-corrected chi connectivity index (χ3v) is 5.68. The van der Waals surface area contributed by atoms with Gasteiger partial charge in [0.25, 0.3) is 0 Å². The second-order valence-electron chi connectivity index (χ2n) is 5.86. The molecule has 0 bridgehead atoms. The standard InChI is InChI=1S/C15H20N2O4S/c1-10(9-21-2)16-22(19,20)13-7-11-3-4-14(18)17-6-5-12(8-13)15(11)17/h7-8,10,16H,3-6,9H2,1-2H3/t10-/m1/s1. The predicted molar refractivity (Wildman–Crippen MR) is 82.5 cm³/mol. The zero-order chi connectivity index (χ0) is 15.9. The van der Waals surface area contributed by atoms with Crippen molar-refractivity contribution in [3.8, 4) is 0 Å². The maximum atomic E-state index is 12.5. The molecule has 2 aliphatic rings. The molecule has 0 spiro atoms. The number of hydrogen-bond acceptors (Lipinski definition) is 4. The van der Waals surface area contributed by atoms with Crippen LogP contribution in [0.2, 0.25) is 0 Å². The van der Waals surface area contributed by atoms with Crippen LogP contribution in [0.15, 0.2) is 17.0 Å². The summed E-state index contributed by atoms with van der Waals surface area (Å²) in [6.45, 7) is 2.73. The molecule has 6 nitrogen and oxygen atoms in total. The van der Waals surface area contributed by atoms with Crippen molar-refractivity contribution in [2.45, 2.75) is 37.1 Å². The first-order valence-corrected chi connectivity index (χ1v) is 8.88. The Morgan fingerprint density at radius 1 is 1.27 bits per heavy atom. The number of rotatable bonds is 5. The molecular formula is C15H20N2O4S. The van der Waals surface area contributed by atoms with Crippen LogP contribution in [-0.2, 0) is 32.4 Å². The van der Waals surface area contributed by atoms with Crippen molar-refractivity contribution in [2.24, 2.45) is 0 Å². The van der Waals surface area contributed by atoms with Gasteiger partial charge >= 0.3 is 0 Å². The van der Waals surface area contributed by atoms with Crippen LogP contribution in [0.5, 0.6) is 0 Å². The molecule has 1 aromatic rings. The molecule has 22 heavy (non-hydrogen) atoms. The third-order valence-electron chi connectivity index (χ3n) is 4.11. The fraction of sp³-hybridized carbons (Fsp3) is 0.533. The molecule has 7 heteroatoms. The van der Waals surface area contributed by atoms with Crippen molar-refractivity contribution in [1.82, 2.24) is 4.72 Å². The second kappa shape index (κ2) is 5.64. The number of aryl methyl sites for hydroxylation is 1. The van der Waals surface area contributed by atoms with Crippen LogP contribution in [0.25, 0.3) is 0 Å². The van der Waals surface area contributed by atoms with Crippen molar-refractivity contribution >= 4 is 21.6 Å². The molecule has 0 saturated heterocycles. The summed E-state index contributed by atoms with van der Waals surface area (Å²) in [4.78, 5) is 14.0. The smallest absolute Gasteiger partial charge is 0.240 e. The fourth-order valence-corrected chi connectivity index (χ4v) is 4.53. The van der Waals surface area contributed by atoms with E-state index in [-0.39, 0.29) is 16.8 Å². The minimum Gasteiger partial charge on any atom is -0.383 e. The Hall–Kier alpha value is -1.44. The summed E-state index contributed by atoms with van der Waals surface area (Å²) in [6.07, 6.45) is 1.77. The van der Waals surface area contributed by atoms with Gasteiger partial charge in [-0.3, -0.25) is 4.79 Å². The molecule has 0 saturated carbocycles. The van der Waals surface area contributed by atoms with Crippen molar-refractivity contribution in [2.75, 3.05) is 25.2 Å². The SMILES string of the molecule is COC[C@@H](C)NS(=O)(=O)c1cc2c3c(c1)CCN3C(=O)CC2. The van der Waals surface area contributed by atoms with Crippen LogP contribution < -0.4 is 9.62 Å². The summed E-state index contributed by atoms with van der Waals surface area (Å²) < 4.78 is 32.6. The van der Waals surface area contributed by atoms with E-state index in [0.29, 0.717) is 32.4 Å². The Balaban J connectivity index is 1.96. The average Bonchev–Trinajstić information content (AvgIpc) is 2.88. The average molecular weight is 324 g/mol. The lowest BCUT2D eigenvalue weighted by Crippen LogP contribution is -2.36. The molecular weight excluding hydrogens is 304 g/mol. The first-order valence-electron chi connectivity index (χ1n) is 7.40. The van der Waals surface area contributed by atoms with Crippen LogP contribution in [0.3, 0.4) is 0 Å². The number of ether oxygens (including phenoxy) is 1. The molecule has 1 aromatic carbocycles. The number of benzene rings is 1. The van der Waals surface area contributed by atoms with Gasteiger partial charge in [0, 0.05) is 26.1 Å². The second-order valence-corrected chi connectivity index (χ2v) is 7.58. The highest BCUT2D eigenvalue weighted by Crippen LogP contribution is 2.38. The van der Waals surface area contributed by atoms with E-state index < -0.39 is 10.0 Å². The fourth-order valence-electron chi connectivity index (χ4n) is 3.20. The largest absolute Gasteiger partial charge is 0.383 e. The molecule has 2 heterocycles. The third kappa shape index (κ3) is 2.64. The molecule has 120 valence electrons. The summed E-state index contributed by atoms with van der Waals surface area (Å²) in [7, 11) is -2.04. The summed E-state index contributed by atoms with van der Waals surface area (Å²) >= 11 is 0. The van der Waals surface area contributed by atoms with Gasteiger partial charge in [-0.1, -0.05) is 0 Å². The molecule has 0 aromatic heterocycles. The van der Waals surface area contributed by atoms with Crippen LogP contribution in [0.1, 0.15) is 24.5 Å². The summed E-state index contributed by atoms with van der Waals surface area (Å²) in [6, 6.07) is 3.10. The first kappa shape index (κ1) is 15.5. The molecule has 1 amide bonds. The summed E-state index contributed by atoms with van der Waals surface area (Å²) in [5, 5.41) is 0. The first-order chi connectivity index (χ1) is 10.4. The molecule has 1 atom stereocenters. The van der Waals surface area contributed by atoms with Gasteiger partial charge in [0.2, 0.25) is 15.9 Å². The van der Waals surface area contributed by atoms with E-state index in [2.05, 4.69) is 4.72 Å². The zero-order valence-corrected chi connectivity index (χ0v) is 13.6. The van der Waals surface area contributed by atoms with Gasteiger partial charge < -0.3 is 9.64 Å². The number of nitrogens with zero attached hydrogens (tertiary/aromatic N) is 1. The van der Waals surface area contributed by atoms with Gasteiger partial charge in [-0.25, -0.2) is 13.1 Å². The Morgan fingerprint density at radius 2 is 1.95 bits per heavy atom. The van der Waals surface area contributed by atoms with Crippen molar-refractivity contribution in [3.05, 3.63) is 23.3 Å². The number of amides is 1. The van der Waals surface area contributed by atoms with Crippen LogP contribution in [0, 0.1) is 0 Å². The van der Waals surface area contributed by atoms with E-state index in [1.54, 1.807) is 24.0 Å². The van der Waals surface area contributed by atoms with Crippen molar-refractivity contribution < 1.29 is 17.9 Å². The highest BCUT2D eigenvalue weighted by atomic mass is 32.2. The Bertz CT molecular complexity index is 714. The number of anilines is 1. The number of carbonyl (C=O) groups is 1. The molecule has 1 N–H and O–H groups in total. The predicted octanol–water partition coefficient (Wildman–Crippen LogP) is 0.835. The normalized spacial score (nSPS) is 18.5. The number of nitrogens with one attached hydrogen (secondary N) is 1. The van der Waals surface area contributed by atoms with Gasteiger partial charge in [-0.2, -0.15) is 0 Å². The van der Waals surface area contributed by atoms with Gasteiger partial charge in [0.05, 0.1) is 17.2 Å². The van der Waals surface area contributed by atoms with Crippen molar-refractivity contribution in [3.63, 3.8) is 0 Å². The van der Waals surface area contributed by atoms with E-state index in [0.717, 1.165) is 16.8 Å². The molecule has 0 unspecified atom stereocenters. The molecule has 3 rings (SSSR count).